The molecule has 7 nitrogen and oxygen atoms in total. The highest BCUT2D eigenvalue weighted by atomic mass is 16.5. The molecule has 0 radical (unpaired) electrons. The lowest BCUT2D eigenvalue weighted by Gasteiger charge is -2.35. The molecule has 7 heteroatoms. The standard InChI is InChI=1S/C20H25N5O2/c1-23-9-8-22-19(20(23)26)24(2)13-17-14-25(10-11-27-17)12-16-5-3-4-15-6-7-21-18(15)16/h3-9,17,21H,10-14H2,1-2H3/t17-/m1/s1. The molecule has 1 N–H and O–H groups in total. The van der Waals surface area contributed by atoms with Crippen molar-refractivity contribution in [1.82, 2.24) is 19.4 Å². The van der Waals surface area contributed by atoms with Gasteiger partial charge in [-0.1, -0.05) is 18.2 Å². The summed E-state index contributed by atoms with van der Waals surface area (Å²) < 4.78 is 7.50. The molecule has 0 amide bonds. The molecule has 0 spiro atoms. The van der Waals surface area contributed by atoms with Crippen LogP contribution in [0.15, 0.2) is 47.7 Å². The molecular formula is C20H25N5O2. The summed E-state index contributed by atoms with van der Waals surface area (Å²) in [5, 5.41) is 1.24. The van der Waals surface area contributed by atoms with Crippen molar-refractivity contribution in [3.05, 3.63) is 58.8 Å². The summed E-state index contributed by atoms with van der Waals surface area (Å²) in [6.07, 6.45) is 5.34. The van der Waals surface area contributed by atoms with Crippen LogP contribution in [0.1, 0.15) is 5.56 Å². The van der Waals surface area contributed by atoms with Gasteiger partial charge in [0, 0.05) is 64.4 Å². The summed E-state index contributed by atoms with van der Waals surface area (Å²) in [5.41, 5.74) is 2.41. The molecule has 1 atom stereocenters. The quantitative estimate of drug-likeness (QED) is 0.742. The van der Waals surface area contributed by atoms with Crippen LogP contribution >= 0.6 is 0 Å². The summed E-state index contributed by atoms with van der Waals surface area (Å²) in [4.78, 5) is 24.1. The molecule has 3 aromatic rings. The van der Waals surface area contributed by atoms with Crippen molar-refractivity contribution in [2.75, 3.05) is 38.2 Å². The number of hydrogen-bond donors (Lipinski definition) is 1. The number of ether oxygens (including phenoxy) is 1. The first-order chi connectivity index (χ1) is 13.1. The number of likely N-dealkylation sites (N-methyl/N-ethyl adjacent to an activating group) is 1. The number of aryl methyl sites for hydroxylation is 1. The first kappa shape index (κ1) is 17.8. The molecule has 0 aliphatic carbocycles. The number of aromatic nitrogens is 3. The van der Waals surface area contributed by atoms with Gasteiger partial charge >= 0.3 is 0 Å². The van der Waals surface area contributed by atoms with Crippen LogP contribution in [-0.4, -0.2) is 58.8 Å². The maximum absolute atomic E-state index is 12.3. The lowest BCUT2D eigenvalue weighted by atomic mass is 10.1. The minimum Gasteiger partial charge on any atom is -0.374 e. The van der Waals surface area contributed by atoms with E-state index >= 15 is 0 Å². The molecule has 0 unspecified atom stereocenters. The lowest BCUT2D eigenvalue weighted by molar-refractivity contribution is -0.0264. The molecule has 4 rings (SSSR count). The van der Waals surface area contributed by atoms with Gasteiger partial charge in [-0.2, -0.15) is 0 Å². The van der Waals surface area contributed by atoms with E-state index in [1.54, 1.807) is 24.0 Å². The van der Waals surface area contributed by atoms with Gasteiger partial charge in [0.2, 0.25) is 0 Å². The Hall–Kier alpha value is -2.64. The van der Waals surface area contributed by atoms with Crippen LogP contribution in [0.2, 0.25) is 0 Å². The Morgan fingerprint density at radius 2 is 2.26 bits per heavy atom. The highest BCUT2D eigenvalue weighted by Gasteiger charge is 2.23. The van der Waals surface area contributed by atoms with Gasteiger partial charge in [0.05, 0.1) is 12.7 Å². The summed E-state index contributed by atoms with van der Waals surface area (Å²) in [6.45, 7) is 3.94. The minimum absolute atomic E-state index is 0.0401. The van der Waals surface area contributed by atoms with Crippen molar-refractivity contribution in [3.8, 4) is 0 Å². The van der Waals surface area contributed by atoms with Gasteiger partial charge in [-0.05, 0) is 17.0 Å². The molecule has 27 heavy (non-hydrogen) atoms. The average molecular weight is 367 g/mol. The normalized spacial score (nSPS) is 18.1. The lowest BCUT2D eigenvalue weighted by Crippen LogP contribution is -2.47. The fourth-order valence-electron chi connectivity index (χ4n) is 3.70. The Morgan fingerprint density at radius 1 is 1.37 bits per heavy atom. The van der Waals surface area contributed by atoms with Crippen molar-refractivity contribution in [3.63, 3.8) is 0 Å². The summed E-state index contributed by atoms with van der Waals surface area (Å²) in [7, 11) is 3.63. The third-order valence-corrected chi connectivity index (χ3v) is 5.13. The van der Waals surface area contributed by atoms with Gasteiger partial charge in [0.25, 0.3) is 5.56 Å². The minimum atomic E-state index is -0.0916. The van der Waals surface area contributed by atoms with E-state index in [9.17, 15) is 4.79 Å². The first-order valence-electron chi connectivity index (χ1n) is 9.23. The predicted octanol–water partition coefficient (Wildman–Crippen LogP) is 1.60. The fourth-order valence-corrected chi connectivity index (χ4v) is 3.70. The zero-order valence-electron chi connectivity index (χ0n) is 15.8. The summed E-state index contributed by atoms with van der Waals surface area (Å²) >= 11 is 0. The van der Waals surface area contributed by atoms with Gasteiger partial charge < -0.3 is 19.2 Å². The van der Waals surface area contributed by atoms with E-state index < -0.39 is 0 Å². The van der Waals surface area contributed by atoms with Crippen LogP contribution < -0.4 is 10.5 Å². The predicted molar refractivity (Wildman–Crippen MR) is 106 cm³/mol. The van der Waals surface area contributed by atoms with E-state index in [1.807, 2.05) is 18.1 Å². The smallest absolute Gasteiger partial charge is 0.293 e. The van der Waals surface area contributed by atoms with E-state index in [0.29, 0.717) is 19.0 Å². The van der Waals surface area contributed by atoms with Crippen molar-refractivity contribution >= 4 is 16.7 Å². The Balaban J connectivity index is 1.43. The largest absolute Gasteiger partial charge is 0.374 e. The number of H-pyrrole nitrogens is 1. The monoisotopic (exact) mass is 367 g/mol. The zero-order chi connectivity index (χ0) is 18.8. The molecule has 1 saturated heterocycles. The highest BCUT2D eigenvalue weighted by Crippen LogP contribution is 2.20. The molecule has 142 valence electrons. The average Bonchev–Trinajstić information content (AvgIpc) is 3.14. The van der Waals surface area contributed by atoms with Crippen LogP contribution in [0.25, 0.3) is 10.9 Å². The van der Waals surface area contributed by atoms with Gasteiger partial charge in [-0.3, -0.25) is 9.69 Å². The second kappa shape index (κ2) is 7.54. The molecule has 1 aromatic carbocycles. The van der Waals surface area contributed by atoms with E-state index in [2.05, 4.69) is 39.1 Å². The Bertz CT molecular complexity index is 980. The number of para-hydroxylation sites is 1. The maximum Gasteiger partial charge on any atom is 0.293 e. The van der Waals surface area contributed by atoms with Crippen molar-refractivity contribution in [1.29, 1.82) is 0 Å². The van der Waals surface area contributed by atoms with Crippen LogP contribution in [0.5, 0.6) is 0 Å². The SMILES string of the molecule is CN(C[C@@H]1CN(Cc2cccc3cc[nH]c23)CCO1)c1nccn(C)c1=O. The topological polar surface area (TPSA) is 66.4 Å². The fraction of sp³-hybridized carbons (Fsp3) is 0.400. The Labute approximate surface area is 158 Å². The van der Waals surface area contributed by atoms with Gasteiger partial charge in [0.1, 0.15) is 0 Å². The maximum atomic E-state index is 12.3. The number of morpholine rings is 1. The number of anilines is 1. The molecule has 0 bridgehead atoms. The number of rotatable bonds is 5. The van der Waals surface area contributed by atoms with Crippen LogP contribution in [-0.2, 0) is 18.3 Å². The third-order valence-electron chi connectivity index (χ3n) is 5.13. The van der Waals surface area contributed by atoms with Gasteiger partial charge in [-0.15, -0.1) is 0 Å². The first-order valence-corrected chi connectivity index (χ1v) is 9.23. The number of nitrogens with zero attached hydrogens (tertiary/aromatic N) is 4. The van der Waals surface area contributed by atoms with E-state index in [1.165, 1.54) is 16.5 Å². The second-order valence-electron chi connectivity index (χ2n) is 7.13. The number of benzene rings is 1. The Kier molecular flexibility index (Phi) is 4.96. The molecule has 2 aromatic heterocycles. The zero-order valence-corrected chi connectivity index (χ0v) is 15.8. The molecule has 1 aliphatic rings. The van der Waals surface area contributed by atoms with Gasteiger partial charge in [0.15, 0.2) is 5.82 Å². The van der Waals surface area contributed by atoms with Crippen LogP contribution in [0.4, 0.5) is 5.82 Å². The molecule has 0 saturated carbocycles. The highest BCUT2D eigenvalue weighted by molar-refractivity contribution is 5.82. The summed E-state index contributed by atoms with van der Waals surface area (Å²) in [6, 6.07) is 8.50. The molecule has 1 fully saturated rings. The summed E-state index contributed by atoms with van der Waals surface area (Å²) in [5.74, 6) is 0.455. The number of nitrogens with one attached hydrogen (secondary N) is 1. The van der Waals surface area contributed by atoms with Crippen LogP contribution in [0.3, 0.4) is 0 Å². The molecular weight excluding hydrogens is 342 g/mol. The van der Waals surface area contributed by atoms with Gasteiger partial charge in [-0.25, -0.2) is 4.98 Å². The van der Waals surface area contributed by atoms with Crippen molar-refractivity contribution < 1.29 is 4.74 Å². The van der Waals surface area contributed by atoms with E-state index in [4.69, 9.17) is 4.74 Å². The van der Waals surface area contributed by atoms with Crippen LogP contribution in [0, 0.1) is 0 Å². The number of fused-ring (bicyclic) bond motifs is 1. The number of hydrogen-bond acceptors (Lipinski definition) is 5. The Morgan fingerprint density at radius 3 is 3.15 bits per heavy atom. The second-order valence-corrected chi connectivity index (χ2v) is 7.13. The third kappa shape index (κ3) is 3.74. The number of aromatic amines is 1. The molecule has 3 heterocycles. The van der Waals surface area contributed by atoms with Crippen molar-refractivity contribution in [2.45, 2.75) is 12.6 Å². The molecule has 1 aliphatic heterocycles. The van der Waals surface area contributed by atoms with E-state index in [-0.39, 0.29) is 11.7 Å². The van der Waals surface area contributed by atoms with Crippen molar-refractivity contribution in [2.24, 2.45) is 7.05 Å². The van der Waals surface area contributed by atoms with E-state index in [0.717, 1.165) is 19.6 Å².